The average Bonchev–Trinajstić information content (AvgIpc) is 1.63. The Bertz CT molecular complexity index is 99.1. The van der Waals surface area contributed by atoms with Crippen LogP contribution >= 0.6 is 0 Å². The zero-order chi connectivity index (χ0) is 7.44. The molecule has 2 heteroatoms. The molecule has 0 heterocycles. The minimum Gasteiger partial charge on any atom is -0.387 e. The summed E-state index contributed by atoms with van der Waals surface area (Å²) >= 11 is 0. The Hall–Kier alpha value is -0.340. The summed E-state index contributed by atoms with van der Waals surface area (Å²) in [5.74, 6) is 0. The monoisotopic (exact) mass is 129 g/mol. The van der Waals surface area contributed by atoms with Crippen LogP contribution in [0.5, 0.6) is 0 Å². The van der Waals surface area contributed by atoms with Crippen LogP contribution in [0, 0.1) is 0 Å². The van der Waals surface area contributed by atoms with Crippen LogP contribution in [-0.4, -0.2) is 36.8 Å². The van der Waals surface area contributed by atoms with E-state index < -0.39 is 0 Å². The number of nitrogens with zero attached hydrogens (tertiary/aromatic N) is 1. The minimum atomic E-state index is -0.375. The second-order valence-corrected chi connectivity index (χ2v) is 2.62. The number of rotatable bonds is 3. The second kappa shape index (κ2) is 3.64. The average molecular weight is 129 g/mol. The van der Waals surface area contributed by atoms with Gasteiger partial charge in [0.05, 0.1) is 6.10 Å². The minimum absolute atomic E-state index is 0.375. The van der Waals surface area contributed by atoms with Gasteiger partial charge in [0.2, 0.25) is 0 Å². The molecule has 0 aliphatic heterocycles. The van der Waals surface area contributed by atoms with Crippen molar-refractivity contribution in [2.75, 3.05) is 20.6 Å². The van der Waals surface area contributed by atoms with E-state index in [-0.39, 0.29) is 6.10 Å². The van der Waals surface area contributed by atoms with Gasteiger partial charge in [0, 0.05) is 6.54 Å². The molecule has 0 unspecified atom stereocenters. The summed E-state index contributed by atoms with van der Waals surface area (Å²) in [5, 5.41) is 9.16. The molecule has 0 saturated heterocycles. The topological polar surface area (TPSA) is 23.5 Å². The molecule has 9 heavy (non-hydrogen) atoms. The third-order valence-electron chi connectivity index (χ3n) is 1.11. The summed E-state index contributed by atoms with van der Waals surface area (Å²) in [6.45, 7) is 6.12. The fourth-order valence-electron chi connectivity index (χ4n) is 0.502. The summed E-state index contributed by atoms with van der Waals surface area (Å²) in [4.78, 5) is 1.93. The third kappa shape index (κ3) is 4.18. The lowest BCUT2D eigenvalue weighted by molar-refractivity contribution is 0.168. The lowest BCUT2D eigenvalue weighted by atomic mass is 10.2. The maximum absolute atomic E-state index is 9.16. The lowest BCUT2D eigenvalue weighted by Gasteiger charge is -2.15. The highest BCUT2D eigenvalue weighted by atomic mass is 16.3. The maximum atomic E-state index is 9.16. The first-order valence-electron chi connectivity index (χ1n) is 3.02. The molecular formula is C7H15NO. The highest BCUT2D eigenvalue weighted by molar-refractivity contribution is 4.97. The van der Waals surface area contributed by atoms with E-state index in [0.717, 1.165) is 5.57 Å². The Kier molecular flexibility index (Phi) is 3.50. The normalized spacial score (nSPS) is 13.9. The number of aliphatic hydroxyl groups excluding tert-OH is 1. The molecule has 0 spiro atoms. The smallest absolute Gasteiger partial charge is 0.0871 e. The zero-order valence-electron chi connectivity index (χ0n) is 6.39. The van der Waals surface area contributed by atoms with Gasteiger partial charge in [-0.25, -0.2) is 0 Å². The van der Waals surface area contributed by atoms with Gasteiger partial charge in [0.1, 0.15) is 0 Å². The van der Waals surface area contributed by atoms with E-state index in [4.69, 9.17) is 5.11 Å². The summed E-state index contributed by atoms with van der Waals surface area (Å²) in [7, 11) is 3.85. The Morgan fingerprint density at radius 3 is 2.22 bits per heavy atom. The van der Waals surface area contributed by atoms with Crippen molar-refractivity contribution in [2.45, 2.75) is 13.0 Å². The standard InChI is InChI=1S/C7H15NO/c1-6(2)7(9)5-8(3)4/h7,9H,1,5H2,2-4H3/t7-/m1/s1. The van der Waals surface area contributed by atoms with Crippen LogP contribution in [0.25, 0.3) is 0 Å². The molecule has 0 aliphatic rings. The predicted molar refractivity (Wildman–Crippen MR) is 39.4 cm³/mol. The van der Waals surface area contributed by atoms with Gasteiger partial charge in [-0.05, 0) is 21.0 Å². The summed E-state index contributed by atoms with van der Waals surface area (Å²) in [6, 6.07) is 0. The molecular weight excluding hydrogens is 114 g/mol. The number of aliphatic hydroxyl groups is 1. The van der Waals surface area contributed by atoms with Crippen LogP contribution in [0.3, 0.4) is 0 Å². The van der Waals surface area contributed by atoms with Crippen molar-refractivity contribution < 1.29 is 5.11 Å². The molecule has 0 fully saturated rings. The van der Waals surface area contributed by atoms with Crippen LogP contribution in [0.1, 0.15) is 6.92 Å². The fourth-order valence-corrected chi connectivity index (χ4v) is 0.502. The van der Waals surface area contributed by atoms with E-state index >= 15 is 0 Å². The first-order chi connectivity index (χ1) is 4.04. The van der Waals surface area contributed by atoms with E-state index in [9.17, 15) is 0 Å². The molecule has 0 aromatic carbocycles. The fraction of sp³-hybridized carbons (Fsp3) is 0.714. The molecule has 1 N–H and O–H groups in total. The highest BCUT2D eigenvalue weighted by Crippen LogP contribution is 1.97. The first kappa shape index (κ1) is 8.66. The molecule has 0 saturated carbocycles. The maximum Gasteiger partial charge on any atom is 0.0871 e. The number of hydrogen-bond donors (Lipinski definition) is 1. The van der Waals surface area contributed by atoms with E-state index in [1.807, 2.05) is 25.9 Å². The van der Waals surface area contributed by atoms with Gasteiger partial charge in [-0.1, -0.05) is 12.2 Å². The molecule has 0 bridgehead atoms. The van der Waals surface area contributed by atoms with Crippen molar-refractivity contribution in [1.82, 2.24) is 4.90 Å². The molecule has 2 nitrogen and oxygen atoms in total. The van der Waals surface area contributed by atoms with Gasteiger partial charge >= 0.3 is 0 Å². The van der Waals surface area contributed by atoms with Gasteiger partial charge in [0.15, 0.2) is 0 Å². The van der Waals surface area contributed by atoms with Crippen molar-refractivity contribution in [3.8, 4) is 0 Å². The van der Waals surface area contributed by atoms with Crippen LogP contribution in [0.15, 0.2) is 12.2 Å². The van der Waals surface area contributed by atoms with Crippen molar-refractivity contribution in [2.24, 2.45) is 0 Å². The van der Waals surface area contributed by atoms with Gasteiger partial charge in [-0.2, -0.15) is 0 Å². The summed E-state index contributed by atoms with van der Waals surface area (Å²) in [5.41, 5.74) is 0.823. The zero-order valence-corrected chi connectivity index (χ0v) is 6.39. The van der Waals surface area contributed by atoms with Crippen molar-refractivity contribution in [3.05, 3.63) is 12.2 Å². The van der Waals surface area contributed by atoms with E-state index in [1.165, 1.54) is 0 Å². The van der Waals surface area contributed by atoms with Crippen molar-refractivity contribution >= 4 is 0 Å². The first-order valence-corrected chi connectivity index (χ1v) is 3.02. The molecule has 0 radical (unpaired) electrons. The van der Waals surface area contributed by atoms with Crippen LogP contribution in [0.4, 0.5) is 0 Å². The van der Waals surface area contributed by atoms with Gasteiger partial charge in [-0.15, -0.1) is 0 Å². The number of likely N-dealkylation sites (N-methyl/N-ethyl adjacent to an activating group) is 1. The van der Waals surface area contributed by atoms with Crippen molar-refractivity contribution in [1.29, 1.82) is 0 Å². The quantitative estimate of drug-likeness (QED) is 0.560. The van der Waals surface area contributed by atoms with Crippen LogP contribution in [-0.2, 0) is 0 Å². The molecule has 54 valence electrons. The number of hydrogen-bond acceptors (Lipinski definition) is 2. The van der Waals surface area contributed by atoms with E-state index in [0.29, 0.717) is 6.54 Å². The van der Waals surface area contributed by atoms with Crippen molar-refractivity contribution in [3.63, 3.8) is 0 Å². The molecule has 0 aromatic heterocycles. The molecule has 0 amide bonds. The van der Waals surface area contributed by atoms with E-state index in [2.05, 4.69) is 6.58 Å². The lowest BCUT2D eigenvalue weighted by Crippen LogP contribution is -2.26. The summed E-state index contributed by atoms with van der Waals surface area (Å²) < 4.78 is 0. The Labute approximate surface area is 56.8 Å². The molecule has 1 atom stereocenters. The highest BCUT2D eigenvalue weighted by Gasteiger charge is 2.03. The van der Waals surface area contributed by atoms with Gasteiger partial charge < -0.3 is 10.0 Å². The van der Waals surface area contributed by atoms with Gasteiger partial charge in [-0.3, -0.25) is 0 Å². The molecule has 0 rings (SSSR count). The third-order valence-corrected chi connectivity index (χ3v) is 1.11. The SMILES string of the molecule is C=C(C)[C@H](O)CN(C)C. The largest absolute Gasteiger partial charge is 0.387 e. The van der Waals surface area contributed by atoms with Crippen LogP contribution in [0.2, 0.25) is 0 Å². The Morgan fingerprint density at radius 2 is 2.11 bits per heavy atom. The van der Waals surface area contributed by atoms with Gasteiger partial charge in [0.25, 0.3) is 0 Å². The Balaban J connectivity index is 3.50. The second-order valence-electron chi connectivity index (χ2n) is 2.62. The van der Waals surface area contributed by atoms with E-state index in [1.54, 1.807) is 0 Å². The van der Waals surface area contributed by atoms with Crippen LogP contribution < -0.4 is 0 Å². The Morgan fingerprint density at radius 1 is 1.67 bits per heavy atom. The molecule has 0 aliphatic carbocycles. The summed E-state index contributed by atoms with van der Waals surface area (Å²) in [6.07, 6.45) is -0.375. The predicted octanol–water partition coefficient (Wildman–Crippen LogP) is 0.485. The molecule has 0 aromatic rings.